The number of carbonyl (C=O) groups excluding carboxylic acids is 1. The summed E-state index contributed by atoms with van der Waals surface area (Å²) in [7, 11) is -3.43. The molecule has 1 N–H and O–H groups in total. The largest absolute Gasteiger partial charge is 0.410 e. The molecular weight excluding hydrogens is 299 g/mol. The highest BCUT2D eigenvalue weighted by Gasteiger charge is 2.41. The molecule has 0 saturated carbocycles. The zero-order valence-electron chi connectivity index (χ0n) is 12.5. The van der Waals surface area contributed by atoms with Gasteiger partial charge in [-0.3, -0.25) is 13.8 Å². The number of thiol groups is 1. The van der Waals surface area contributed by atoms with Crippen LogP contribution in [0.1, 0.15) is 47.0 Å². The second-order valence-corrected chi connectivity index (χ2v) is 7.68. The van der Waals surface area contributed by atoms with E-state index >= 15 is 0 Å². The molecule has 0 spiro atoms. The summed E-state index contributed by atoms with van der Waals surface area (Å²) >= 11 is 3.74. The van der Waals surface area contributed by atoms with Gasteiger partial charge in [-0.1, -0.05) is 12.6 Å². The second-order valence-electron chi connectivity index (χ2n) is 5.40. The van der Waals surface area contributed by atoms with Gasteiger partial charge in [-0.25, -0.2) is 4.57 Å². The molecule has 8 heteroatoms. The van der Waals surface area contributed by atoms with Crippen molar-refractivity contribution >= 4 is 25.6 Å². The number of rotatable bonds is 6. The lowest BCUT2D eigenvalue weighted by Crippen LogP contribution is -2.48. The molecule has 0 aromatic carbocycles. The van der Waals surface area contributed by atoms with Crippen molar-refractivity contribution in [3.8, 4) is 0 Å². The Balaban J connectivity index is 2.95. The van der Waals surface area contributed by atoms with E-state index in [1.807, 2.05) is 27.7 Å². The predicted octanol–water partition coefficient (Wildman–Crippen LogP) is 3.40. The molecule has 0 aromatic heterocycles. The first-order chi connectivity index (χ1) is 9.24. The van der Waals surface area contributed by atoms with Crippen LogP contribution in [0.3, 0.4) is 0 Å². The lowest BCUT2D eigenvalue weighted by molar-refractivity contribution is 0.0799. The highest BCUT2D eigenvalue weighted by atomic mass is 32.1. The maximum absolute atomic E-state index is 13.1. The first kappa shape index (κ1) is 18.0. The quantitative estimate of drug-likeness (QED) is 0.579. The maximum atomic E-state index is 13.1. The molecule has 1 atom stereocenters. The summed E-state index contributed by atoms with van der Waals surface area (Å²) in [6.07, 6.45) is 1.74. The van der Waals surface area contributed by atoms with Gasteiger partial charge in [0.2, 0.25) is 0 Å². The van der Waals surface area contributed by atoms with Crippen molar-refractivity contribution in [1.29, 1.82) is 0 Å². The molecule has 0 aliphatic carbocycles. The predicted molar refractivity (Wildman–Crippen MR) is 81.9 cm³/mol. The fourth-order valence-electron chi connectivity index (χ4n) is 2.18. The first-order valence-electron chi connectivity index (χ1n) is 6.98. The zero-order valence-corrected chi connectivity index (χ0v) is 14.3. The Morgan fingerprint density at radius 2 is 1.80 bits per heavy atom. The minimum absolute atomic E-state index is 0.228. The molecule has 1 aliphatic heterocycles. The number of nitrogens with zero attached hydrogens (tertiary/aromatic N) is 1. The lowest BCUT2D eigenvalue weighted by atomic mass is 10.1. The molecule has 0 aromatic rings. The van der Waals surface area contributed by atoms with Crippen molar-refractivity contribution in [2.24, 2.45) is 0 Å². The van der Waals surface area contributed by atoms with E-state index in [0.717, 1.165) is 12.8 Å². The molecule has 118 valence electrons. The minimum Gasteiger partial charge on any atom is -0.331 e. The van der Waals surface area contributed by atoms with Gasteiger partial charge >= 0.3 is 7.75 Å². The van der Waals surface area contributed by atoms with Gasteiger partial charge in [0.05, 0.1) is 18.4 Å². The van der Waals surface area contributed by atoms with Crippen LogP contribution in [-0.4, -0.2) is 34.8 Å². The van der Waals surface area contributed by atoms with Gasteiger partial charge in [0, 0.05) is 6.54 Å². The molecule has 1 saturated heterocycles. The van der Waals surface area contributed by atoms with E-state index in [9.17, 15) is 9.36 Å². The Kier molecular flexibility index (Phi) is 7.01. The van der Waals surface area contributed by atoms with Crippen LogP contribution >= 0.6 is 20.4 Å². The lowest BCUT2D eigenvalue weighted by Gasteiger charge is -2.40. The fourth-order valence-corrected chi connectivity index (χ4v) is 4.59. The van der Waals surface area contributed by atoms with Crippen molar-refractivity contribution in [2.75, 3.05) is 6.54 Å². The summed E-state index contributed by atoms with van der Waals surface area (Å²) < 4.78 is 25.9. The van der Waals surface area contributed by atoms with E-state index in [1.54, 1.807) is 4.67 Å². The maximum Gasteiger partial charge on any atom is 0.410 e. The van der Waals surface area contributed by atoms with Gasteiger partial charge in [0.15, 0.2) is 0 Å². The average molecular weight is 324 g/mol. The van der Waals surface area contributed by atoms with Gasteiger partial charge in [0.25, 0.3) is 5.24 Å². The third-order valence-electron chi connectivity index (χ3n) is 2.77. The molecule has 0 radical (unpaired) electrons. The molecule has 0 bridgehead atoms. The van der Waals surface area contributed by atoms with Crippen molar-refractivity contribution in [3.05, 3.63) is 0 Å². The normalized spacial score (nSPS) is 21.4. The standard InChI is InChI=1S/C12H25N2O4PS/c1-9(2)17-19(16,18-10(3)4)14-8-6-5-7-11(14)13-12(15)20/h9-11H,5-8H2,1-4H3,(H2,13,15,20). The summed E-state index contributed by atoms with van der Waals surface area (Å²) in [5.74, 6) is 0. The average Bonchev–Trinajstić information content (AvgIpc) is 2.26. The van der Waals surface area contributed by atoms with Crippen LogP contribution in [0.25, 0.3) is 0 Å². The SMILES string of the molecule is CC(C)OP(=O)(OC(C)C)N1CCCCC1NC(=O)S. The topological polar surface area (TPSA) is 67.9 Å². The molecule has 1 unspecified atom stereocenters. The van der Waals surface area contributed by atoms with E-state index in [4.69, 9.17) is 9.05 Å². The summed E-state index contributed by atoms with van der Waals surface area (Å²) in [4.78, 5) is 11.2. The smallest absolute Gasteiger partial charge is 0.331 e. The highest BCUT2D eigenvalue weighted by molar-refractivity contribution is 7.96. The summed E-state index contributed by atoms with van der Waals surface area (Å²) in [6, 6.07) is 0. The second kappa shape index (κ2) is 7.80. The minimum atomic E-state index is -3.43. The van der Waals surface area contributed by atoms with Crippen molar-refractivity contribution in [3.63, 3.8) is 0 Å². The number of piperidine rings is 1. The molecular formula is C12H25N2O4PS. The van der Waals surface area contributed by atoms with Gasteiger partial charge < -0.3 is 5.32 Å². The fraction of sp³-hybridized carbons (Fsp3) is 0.917. The van der Waals surface area contributed by atoms with E-state index in [0.29, 0.717) is 13.0 Å². The molecule has 1 aliphatic rings. The third kappa shape index (κ3) is 5.37. The summed E-state index contributed by atoms with van der Waals surface area (Å²) in [5.41, 5.74) is 0. The molecule has 1 amide bonds. The monoisotopic (exact) mass is 324 g/mol. The zero-order chi connectivity index (χ0) is 15.3. The Hall–Kier alpha value is -0.0700. The third-order valence-corrected chi connectivity index (χ3v) is 5.38. The van der Waals surface area contributed by atoms with Crippen LogP contribution in [0, 0.1) is 0 Å². The molecule has 6 nitrogen and oxygen atoms in total. The number of amides is 1. The number of hydrogen-bond acceptors (Lipinski definition) is 4. The molecule has 1 rings (SSSR count). The first-order valence-corrected chi connectivity index (χ1v) is 8.92. The van der Waals surface area contributed by atoms with Gasteiger partial charge in [0.1, 0.15) is 0 Å². The van der Waals surface area contributed by atoms with Crippen LogP contribution in [0.5, 0.6) is 0 Å². The summed E-state index contributed by atoms with van der Waals surface area (Å²) in [6.45, 7) is 7.81. The van der Waals surface area contributed by atoms with E-state index in [-0.39, 0.29) is 18.4 Å². The van der Waals surface area contributed by atoms with E-state index in [2.05, 4.69) is 17.9 Å². The van der Waals surface area contributed by atoms with Crippen LogP contribution in [-0.2, 0) is 13.6 Å². The number of hydrogen-bond donors (Lipinski definition) is 2. The van der Waals surface area contributed by atoms with Crippen LogP contribution in [0.15, 0.2) is 0 Å². The Morgan fingerprint density at radius 1 is 1.25 bits per heavy atom. The van der Waals surface area contributed by atoms with Crippen molar-refractivity contribution in [2.45, 2.75) is 65.3 Å². The molecule has 20 heavy (non-hydrogen) atoms. The van der Waals surface area contributed by atoms with Crippen molar-refractivity contribution < 1.29 is 18.4 Å². The van der Waals surface area contributed by atoms with Gasteiger partial charge in [-0.05, 0) is 47.0 Å². The van der Waals surface area contributed by atoms with Crippen molar-refractivity contribution in [1.82, 2.24) is 9.99 Å². The molecule has 1 heterocycles. The molecule has 1 fully saturated rings. The Labute approximate surface area is 126 Å². The number of nitrogens with one attached hydrogen (secondary N) is 1. The van der Waals surface area contributed by atoms with Crippen LogP contribution in [0.4, 0.5) is 4.79 Å². The van der Waals surface area contributed by atoms with Crippen LogP contribution < -0.4 is 5.32 Å². The highest BCUT2D eigenvalue weighted by Crippen LogP contribution is 2.56. The van der Waals surface area contributed by atoms with Gasteiger partial charge in [-0.15, -0.1) is 0 Å². The van der Waals surface area contributed by atoms with E-state index in [1.165, 1.54) is 0 Å². The Morgan fingerprint density at radius 3 is 2.25 bits per heavy atom. The van der Waals surface area contributed by atoms with E-state index < -0.39 is 13.0 Å². The summed E-state index contributed by atoms with van der Waals surface area (Å²) in [5, 5.41) is 2.26. The number of carbonyl (C=O) groups is 1. The van der Waals surface area contributed by atoms with Gasteiger partial charge in [-0.2, -0.15) is 4.67 Å². The Bertz CT molecular complexity index is 364. The van der Waals surface area contributed by atoms with Crippen LogP contribution in [0.2, 0.25) is 0 Å².